The molecule has 0 aromatic carbocycles. The number of ether oxygens (including phenoxy) is 1. The minimum Gasteiger partial charge on any atom is -0.546 e. The lowest BCUT2D eigenvalue weighted by molar-refractivity contribution is 0.210. The minimum absolute atomic E-state index is 0.528. The number of anilines is 2. The van der Waals surface area contributed by atoms with Crippen molar-refractivity contribution >= 4 is 34.5 Å². The summed E-state index contributed by atoms with van der Waals surface area (Å²) >= 11 is 0.221. The van der Waals surface area contributed by atoms with Gasteiger partial charge in [0, 0.05) is 34.7 Å². The molecule has 1 unspecified atom stereocenters. The molecule has 10 heteroatoms. The molecule has 25 heavy (non-hydrogen) atoms. The van der Waals surface area contributed by atoms with Crippen molar-refractivity contribution in [3.05, 3.63) is 23.7 Å². The number of nitrogens with zero attached hydrogens (tertiary/aromatic N) is 3. The van der Waals surface area contributed by atoms with Crippen LogP contribution in [-0.2, 0) is 17.0 Å². The average molecular weight is 388 g/mol. The highest BCUT2D eigenvalue weighted by atomic mass is 32.2. The Hall–Kier alpha value is -1.33. The van der Waals surface area contributed by atoms with Crippen molar-refractivity contribution in [3.8, 4) is 0 Å². The number of furan rings is 1. The third-order valence-corrected chi connectivity index (χ3v) is 4.79. The normalized spacial score (nSPS) is 12.0. The fraction of sp³-hybridized carbons (Fsp3) is 0.600. The van der Waals surface area contributed by atoms with Gasteiger partial charge in [-0.15, -0.1) is 0 Å². The smallest absolute Gasteiger partial charge is 0.232 e. The number of nitrogens with one attached hydrogen (secondary N) is 2. The van der Waals surface area contributed by atoms with Crippen LogP contribution in [0.2, 0.25) is 0 Å². The Morgan fingerprint density at radius 3 is 2.56 bits per heavy atom. The van der Waals surface area contributed by atoms with Gasteiger partial charge in [-0.2, -0.15) is 11.8 Å². The van der Waals surface area contributed by atoms with Gasteiger partial charge in [0.05, 0.1) is 18.9 Å². The zero-order valence-corrected chi connectivity index (χ0v) is 16.4. The van der Waals surface area contributed by atoms with Crippen molar-refractivity contribution in [1.29, 1.82) is 0 Å². The van der Waals surface area contributed by atoms with Crippen LogP contribution in [0.1, 0.15) is 11.5 Å². The van der Waals surface area contributed by atoms with E-state index in [2.05, 4.69) is 24.3 Å². The Labute approximate surface area is 155 Å². The van der Waals surface area contributed by atoms with Gasteiger partial charge >= 0.3 is 0 Å². The Bertz CT molecular complexity index is 632. The molecule has 2 rings (SSSR count). The predicted molar refractivity (Wildman–Crippen MR) is 102 cm³/mol. The van der Waals surface area contributed by atoms with Gasteiger partial charge in [0.15, 0.2) is 11.1 Å². The summed E-state index contributed by atoms with van der Waals surface area (Å²) in [6, 6.07) is 4.04. The monoisotopic (exact) mass is 387 g/mol. The fourth-order valence-corrected chi connectivity index (χ4v) is 3.48. The molecule has 0 fully saturated rings. The SMILES string of the molecule is COCCNc1n[s+]([O-])nc1NCCSCc1ccc(CN(C)C)o1. The number of methoxy groups -OCH3 is 1. The molecule has 0 saturated carbocycles. The maximum absolute atomic E-state index is 11.5. The van der Waals surface area contributed by atoms with Crippen molar-refractivity contribution < 1.29 is 13.7 Å². The van der Waals surface area contributed by atoms with Gasteiger partial charge in [-0.3, -0.25) is 0 Å². The molecule has 0 bridgehead atoms. The van der Waals surface area contributed by atoms with Crippen molar-refractivity contribution in [1.82, 2.24) is 13.6 Å². The summed E-state index contributed by atoms with van der Waals surface area (Å²) in [5, 5.41) is 6.23. The number of rotatable bonds is 12. The molecule has 0 spiro atoms. The Kier molecular flexibility index (Phi) is 8.49. The third kappa shape index (κ3) is 7.20. The van der Waals surface area contributed by atoms with Gasteiger partial charge in [-0.05, 0) is 26.2 Å². The second kappa shape index (κ2) is 10.6. The Morgan fingerprint density at radius 2 is 1.88 bits per heavy atom. The van der Waals surface area contributed by atoms with Gasteiger partial charge in [0.2, 0.25) is 11.6 Å². The van der Waals surface area contributed by atoms with E-state index >= 15 is 0 Å². The highest BCUT2D eigenvalue weighted by Crippen LogP contribution is 2.22. The molecular weight excluding hydrogens is 362 g/mol. The maximum Gasteiger partial charge on any atom is 0.232 e. The van der Waals surface area contributed by atoms with Crippen LogP contribution in [0.3, 0.4) is 0 Å². The molecule has 8 nitrogen and oxygen atoms in total. The molecule has 1 atom stereocenters. The quantitative estimate of drug-likeness (QED) is 0.420. The van der Waals surface area contributed by atoms with Gasteiger partial charge < -0.3 is 29.2 Å². The molecule has 0 aliphatic carbocycles. The molecule has 0 saturated heterocycles. The average Bonchev–Trinajstić information content (AvgIpc) is 3.13. The summed E-state index contributed by atoms with van der Waals surface area (Å²) in [5.41, 5.74) is 0. The first-order chi connectivity index (χ1) is 12.1. The van der Waals surface area contributed by atoms with Gasteiger partial charge in [-0.25, -0.2) is 0 Å². The van der Waals surface area contributed by atoms with E-state index in [1.165, 1.54) is 0 Å². The van der Waals surface area contributed by atoms with E-state index in [9.17, 15) is 4.55 Å². The fourth-order valence-electron chi connectivity index (χ4n) is 2.08. The predicted octanol–water partition coefficient (Wildman–Crippen LogP) is 2.26. The number of hydrogen-bond donors (Lipinski definition) is 2. The Balaban J connectivity index is 1.68. The zero-order valence-electron chi connectivity index (χ0n) is 14.8. The first-order valence-electron chi connectivity index (χ1n) is 7.95. The summed E-state index contributed by atoms with van der Waals surface area (Å²) in [5.74, 6) is 4.72. The minimum atomic E-state index is -1.54. The van der Waals surface area contributed by atoms with Gasteiger partial charge in [0.25, 0.3) is 0 Å². The lowest BCUT2D eigenvalue weighted by Crippen LogP contribution is -2.11. The van der Waals surface area contributed by atoms with Crippen molar-refractivity contribution in [2.45, 2.75) is 12.3 Å². The highest BCUT2D eigenvalue weighted by Gasteiger charge is 2.14. The van der Waals surface area contributed by atoms with Crippen LogP contribution in [0.15, 0.2) is 16.5 Å². The second-order valence-corrected chi connectivity index (χ2v) is 7.55. The molecular formula is C15H25N5O3S2. The van der Waals surface area contributed by atoms with E-state index in [0.29, 0.717) is 31.3 Å². The number of aromatic nitrogens is 2. The summed E-state index contributed by atoms with van der Waals surface area (Å²) in [7, 11) is 5.66. The van der Waals surface area contributed by atoms with Crippen LogP contribution in [0.25, 0.3) is 0 Å². The number of thioether (sulfide) groups is 1. The van der Waals surface area contributed by atoms with Crippen molar-refractivity contribution in [2.24, 2.45) is 0 Å². The van der Waals surface area contributed by atoms with Crippen LogP contribution >= 0.6 is 22.9 Å². The lowest BCUT2D eigenvalue weighted by Gasteiger charge is -2.06. The van der Waals surface area contributed by atoms with Crippen molar-refractivity contribution in [3.63, 3.8) is 0 Å². The molecule has 2 aromatic heterocycles. The molecule has 0 radical (unpaired) electrons. The zero-order chi connectivity index (χ0) is 18.1. The van der Waals surface area contributed by atoms with E-state index in [4.69, 9.17) is 9.15 Å². The third-order valence-electron chi connectivity index (χ3n) is 3.13. The van der Waals surface area contributed by atoms with E-state index in [1.54, 1.807) is 18.9 Å². The summed E-state index contributed by atoms with van der Waals surface area (Å²) < 4.78 is 30.1. The molecule has 0 aliphatic heterocycles. The standard InChI is InChI=1S/C15H25N5O3S2/c1-20(2)10-12-4-5-13(23-12)11-24-9-7-17-15-14(16-6-8-22-3)18-25(21)19-15/h4-5H,6-11H2,1-3H3,(H,16,18)(H,17,19). The summed E-state index contributed by atoms with van der Waals surface area (Å²) in [4.78, 5) is 2.08. The van der Waals surface area contributed by atoms with Crippen molar-refractivity contribution in [2.75, 3.05) is 57.3 Å². The molecule has 2 heterocycles. The second-order valence-electron chi connectivity index (χ2n) is 5.62. The molecule has 0 aliphatic rings. The Morgan fingerprint density at radius 1 is 1.20 bits per heavy atom. The molecule has 140 valence electrons. The highest BCUT2D eigenvalue weighted by molar-refractivity contribution is 7.98. The van der Waals surface area contributed by atoms with E-state index in [0.717, 1.165) is 29.6 Å². The van der Waals surface area contributed by atoms with Crippen LogP contribution in [-0.4, -0.2) is 64.9 Å². The molecule has 2 aromatic rings. The van der Waals surface area contributed by atoms with Crippen LogP contribution in [0.4, 0.5) is 11.6 Å². The first kappa shape index (κ1) is 20.0. The van der Waals surface area contributed by atoms with E-state index in [-0.39, 0.29) is 0 Å². The van der Waals surface area contributed by atoms with Crippen LogP contribution in [0.5, 0.6) is 0 Å². The maximum atomic E-state index is 11.5. The van der Waals surface area contributed by atoms with E-state index in [1.807, 2.05) is 26.2 Å². The first-order valence-corrected chi connectivity index (χ1v) is 10.2. The molecule has 2 N–H and O–H groups in total. The van der Waals surface area contributed by atoms with Crippen LogP contribution in [0, 0.1) is 0 Å². The molecule has 0 amide bonds. The van der Waals surface area contributed by atoms with Crippen LogP contribution < -0.4 is 10.6 Å². The largest absolute Gasteiger partial charge is 0.546 e. The van der Waals surface area contributed by atoms with E-state index < -0.39 is 11.1 Å². The number of hydrogen-bond acceptors (Lipinski definition) is 9. The summed E-state index contributed by atoms with van der Waals surface area (Å²) in [6.07, 6.45) is 0. The van der Waals surface area contributed by atoms with Gasteiger partial charge in [-0.1, -0.05) is 0 Å². The summed E-state index contributed by atoms with van der Waals surface area (Å²) in [6.45, 7) is 2.65. The topological polar surface area (TPSA) is 98.5 Å². The van der Waals surface area contributed by atoms with Gasteiger partial charge in [0.1, 0.15) is 11.5 Å². The lowest BCUT2D eigenvalue weighted by atomic mass is 10.4.